The Morgan fingerprint density at radius 1 is 1.08 bits per heavy atom. The summed E-state index contributed by atoms with van der Waals surface area (Å²) < 4.78 is 56.9. The number of carbonyl (C=O) groups excluding carboxylic acids is 1. The van der Waals surface area contributed by atoms with E-state index in [4.69, 9.17) is 4.52 Å². The van der Waals surface area contributed by atoms with Gasteiger partial charge in [0.05, 0.1) is 17.7 Å². The lowest BCUT2D eigenvalue weighted by molar-refractivity contribution is -0.137. The number of nitrogens with one attached hydrogen (secondary N) is 1. The molecule has 1 N–H and O–H groups in total. The van der Waals surface area contributed by atoms with E-state index in [-0.39, 0.29) is 6.54 Å². The Morgan fingerprint density at radius 2 is 1.77 bits per heavy atom. The number of hydrogen-bond acceptors (Lipinski definition) is 3. The van der Waals surface area contributed by atoms with Gasteiger partial charge in [0.25, 0.3) is 5.91 Å². The van der Waals surface area contributed by atoms with Crippen LogP contribution in [0.25, 0.3) is 11.3 Å². The third-order valence-electron chi connectivity index (χ3n) is 3.59. The maximum Gasteiger partial charge on any atom is 0.417 e. The van der Waals surface area contributed by atoms with Crippen LogP contribution in [0.4, 0.5) is 17.6 Å². The van der Waals surface area contributed by atoms with E-state index in [1.807, 2.05) is 0 Å². The Balaban J connectivity index is 1.70. The minimum Gasteiger partial charge on any atom is -0.356 e. The predicted octanol–water partition coefficient (Wildman–Crippen LogP) is 4.43. The van der Waals surface area contributed by atoms with Gasteiger partial charge in [0, 0.05) is 11.6 Å². The molecule has 1 aromatic heterocycles. The molecule has 0 saturated heterocycles. The number of aromatic nitrogens is 1. The summed E-state index contributed by atoms with van der Waals surface area (Å²) in [5.74, 6) is -0.918. The van der Waals surface area contributed by atoms with Crippen molar-refractivity contribution < 1.29 is 26.9 Å². The first-order valence-corrected chi connectivity index (χ1v) is 7.50. The zero-order chi connectivity index (χ0) is 18.7. The average molecular weight is 364 g/mol. The van der Waals surface area contributed by atoms with Gasteiger partial charge in [0.2, 0.25) is 0 Å². The second kappa shape index (κ2) is 6.99. The third-order valence-corrected chi connectivity index (χ3v) is 3.59. The first kappa shape index (κ1) is 17.7. The first-order chi connectivity index (χ1) is 12.3. The second-order valence-corrected chi connectivity index (χ2v) is 5.42. The normalized spacial score (nSPS) is 11.4. The van der Waals surface area contributed by atoms with E-state index >= 15 is 0 Å². The smallest absolute Gasteiger partial charge is 0.356 e. The first-order valence-electron chi connectivity index (χ1n) is 7.50. The highest BCUT2D eigenvalue weighted by Crippen LogP contribution is 2.31. The topological polar surface area (TPSA) is 55.1 Å². The highest BCUT2D eigenvalue weighted by molar-refractivity contribution is 5.95. The standard InChI is InChI=1S/C18H12F4N2O2/c19-12-7-5-11(6-8-12)16-9-13(24-26-16)10-23-17(25)14-3-1-2-4-15(14)18(20,21)22/h1-9H,10H2,(H,23,25). The number of carbonyl (C=O) groups is 1. The van der Waals surface area contributed by atoms with Gasteiger partial charge in [-0.15, -0.1) is 0 Å². The van der Waals surface area contributed by atoms with Crippen molar-refractivity contribution in [3.05, 3.63) is 77.2 Å². The lowest BCUT2D eigenvalue weighted by atomic mass is 10.1. The number of benzene rings is 2. The van der Waals surface area contributed by atoms with Crippen molar-refractivity contribution >= 4 is 5.91 Å². The van der Waals surface area contributed by atoms with Crippen molar-refractivity contribution in [2.45, 2.75) is 12.7 Å². The maximum absolute atomic E-state index is 13.0. The van der Waals surface area contributed by atoms with Crippen LogP contribution in [-0.2, 0) is 12.7 Å². The zero-order valence-corrected chi connectivity index (χ0v) is 13.2. The van der Waals surface area contributed by atoms with Crippen LogP contribution in [-0.4, -0.2) is 11.1 Å². The van der Waals surface area contributed by atoms with Crippen LogP contribution in [0.15, 0.2) is 59.1 Å². The van der Waals surface area contributed by atoms with Crippen molar-refractivity contribution in [3.63, 3.8) is 0 Å². The molecular weight excluding hydrogens is 352 g/mol. The molecule has 4 nitrogen and oxygen atoms in total. The quantitative estimate of drug-likeness (QED) is 0.697. The molecule has 0 aliphatic heterocycles. The highest BCUT2D eigenvalue weighted by Gasteiger charge is 2.34. The summed E-state index contributed by atoms with van der Waals surface area (Å²) >= 11 is 0. The molecule has 0 spiro atoms. The molecule has 134 valence electrons. The van der Waals surface area contributed by atoms with Crippen molar-refractivity contribution in [1.29, 1.82) is 0 Å². The molecule has 0 saturated carbocycles. The SMILES string of the molecule is O=C(NCc1cc(-c2ccc(F)cc2)on1)c1ccccc1C(F)(F)F. The molecule has 0 aliphatic carbocycles. The Morgan fingerprint density at radius 3 is 2.46 bits per heavy atom. The largest absolute Gasteiger partial charge is 0.417 e. The number of alkyl halides is 3. The fraction of sp³-hybridized carbons (Fsp3) is 0.111. The average Bonchev–Trinajstić information content (AvgIpc) is 3.08. The van der Waals surface area contributed by atoms with Gasteiger partial charge in [-0.1, -0.05) is 17.3 Å². The molecule has 0 fully saturated rings. The Hall–Kier alpha value is -3.16. The van der Waals surface area contributed by atoms with Crippen molar-refractivity contribution in [2.24, 2.45) is 0 Å². The third kappa shape index (κ3) is 3.90. The summed E-state index contributed by atoms with van der Waals surface area (Å²) in [5, 5.41) is 6.13. The van der Waals surface area contributed by atoms with Gasteiger partial charge < -0.3 is 9.84 Å². The zero-order valence-electron chi connectivity index (χ0n) is 13.2. The number of amides is 1. The Kier molecular flexibility index (Phi) is 4.75. The van der Waals surface area contributed by atoms with E-state index < -0.39 is 29.0 Å². The van der Waals surface area contributed by atoms with E-state index in [0.717, 1.165) is 12.1 Å². The van der Waals surface area contributed by atoms with Crippen molar-refractivity contribution in [3.8, 4) is 11.3 Å². The molecule has 1 heterocycles. The van der Waals surface area contributed by atoms with Crippen molar-refractivity contribution in [2.75, 3.05) is 0 Å². The molecule has 3 aromatic rings. The summed E-state index contributed by atoms with van der Waals surface area (Å²) in [7, 11) is 0. The molecule has 0 aliphatic rings. The fourth-order valence-corrected chi connectivity index (χ4v) is 2.34. The molecule has 0 bridgehead atoms. The summed E-state index contributed by atoms with van der Waals surface area (Å²) in [6.07, 6.45) is -4.63. The van der Waals surface area contributed by atoms with Crippen LogP contribution in [0.3, 0.4) is 0 Å². The highest BCUT2D eigenvalue weighted by atomic mass is 19.4. The Labute approximate surface area is 145 Å². The number of hydrogen-bond donors (Lipinski definition) is 1. The molecule has 26 heavy (non-hydrogen) atoms. The van der Waals surface area contributed by atoms with Crippen LogP contribution in [0.2, 0.25) is 0 Å². The monoisotopic (exact) mass is 364 g/mol. The van der Waals surface area contributed by atoms with E-state index in [0.29, 0.717) is 17.0 Å². The van der Waals surface area contributed by atoms with Crippen LogP contribution in [0.5, 0.6) is 0 Å². The lowest BCUT2D eigenvalue weighted by Gasteiger charge is -2.12. The molecule has 8 heteroatoms. The van der Waals surface area contributed by atoms with E-state index in [9.17, 15) is 22.4 Å². The molecule has 2 aromatic carbocycles. The van der Waals surface area contributed by atoms with Crippen LogP contribution < -0.4 is 5.32 Å². The number of halogens is 4. The van der Waals surface area contributed by atoms with Gasteiger partial charge in [-0.05, 0) is 36.4 Å². The molecule has 1 amide bonds. The minimum absolute atomic E-state index is 0.115. The van der Waals surface area contributed by atoms with Crippen LogP contribution in [0, 0.1) is 5.82 Å². The minimum atomic E-state index is -4.63. The lowest BCUT2D eigenvalue weighted by Crippen LogP contribution is -2.26. The van der Waals surface area contributed by atoms with E-state index in [2.05, 4.69) is 10.5 Å². The van der Waals surface area contributed by atoms with E-state index in [1.54, 1.807) is 0 Å². The van der Waals surface area contributed by atoms with Gasteiger partial charge in [0.15, 0.2) is 5.76 Å². The maximum atomic E-state index is 13.0. The molecule has 0 radical (unpaired) electrons. The predicted molar refractivity (Wildman–Crippen MR) is 84.5 cm³/mol. The van der Waals surface area contributed by atoms with Gasteiger partial charge in [0.1, 0.15) is 11.5 Å². The van der Waals surface area contributed by atoms with Gasteiger partial charge in [-0.3, -0.25) is 4.79 Å². The van der Waals surface area contributed by atoms with Gasteiger partial charge in [-0.2, -0.15) is 13.2 Å². The molecule has 3 rings (SSSR count). The van der Waals surface area contributed by atoms with Gasteiger partial charge >= 0.3 is 6.18 Å². The van der Waals surface area contributed by atoms with E-state index in [1.165, 1.54) is 42.5 Å². The van der Waals surface area contributed by atoms with Crippen LogP contribution in [0.1, 0.15) is 21.6 Å². The molecule has 0 unspecified atom stereocenters. The summed E-state index contributed by atoms with van der Waals surface area (Å²) in [6, 6.07) is 11.5. The fourth-order valence-electron chi connectivity index (χ4n) is 2.34. The number of rotatable bonds is 4. The molecule has 0 atom stereocenters. The van der Waals surface area contributed by atoms with Gasteiger partial charge in [-0.25, -0.2) is 4.39 Å². The summed E-state index contributed by atoms with van der Waals surface area (Å²) in [6.45, 7) is -0.115. The van der Waals surface area contributed by atoms with Crippen molar-refractivity contribution in [1.82, 2.24) is 10.5 Å². The molecular formula is C18H12F4N2O2. The number of nitrogens with zero attached hydrogens (tertiary/aromatic N) is 1. The summed E-state index contributed by atoms with van der Waals surface area (Å²) in [5.41, 5.74) is -0.576. The van der Waals surface area contributed by atoms with Crippen LogP contribution >= 0.6 is 0 Å². The Bertz CT molecular complexity index is 917. The summed E-state index contributed by atoms with van der Waals surface area (Å²) in [4.78, 5) is 12.1. The second-order valence-electron chi connectivity index (χ2n) is 5.42.